The summed E-state index contributed by atoms with van der Waals surface area (Å²) in [5.41, 5.74) is 5.92. The fourth-order valence-electron chi connectivity index (χ4n) is 1.62. The van der Waals surface area contributed by atoms with Crippen LogP contribution in [0.15, 0.2) is 17.0 Å². The number of ketones is 2. The number of carbonyl (C=O) groups is 2. The predicted molar refractivity (Wildman–Crippen MR) is 65.0 cm³/mol. The Morgan fingerprint density at radius 2 is 1.89 bits per heavy atom. The zero-order valence-corrected chi connectivity index (χ0v) is 10.7. The van der Waals surface area contributed by atoms with Gasteiger partial charge in [0.25, 0.3) is 10.1 Å². The summed E-state index contributed by atoms with van der Waals surface area (Å²) in [5, 5.41) is 0. The molecule has 6 nitrogen and oxygen atoms in total. The van der Waals surface area contributed by atoms with Crippen molar-refractivity contribution in [3.05, 3.63) is 23.3 Å². The second-order valence-corrected chi connectivity index (χ2v) is 5.40. The minimum atomic E-state index is -4.37. The van der Waals surface area contributed by atoms with Crippen LogP contribution >= 0.6 is 0 Å². The van der Waals surface area contributed by atoms with Gasteiger partial charge in [-0.3, -0.25) is 14.1 Å². The van der Waals surface area contributed by atoms with E-state index in [-0.39, 0.29) is 28.4 Å². The van der Waals surface area contributed by atoms with Gasteiger partial charge < -0.3 is 5.73 Å². The Morgan fingerprint density at radius 3 is 2.28 bits per heavy atom. The van der Waals surface area contributed by atoms with Gasteiger partial charge in [0.1, 0.15) is 5.78 Å². The third-order valence-corrected chi connectivity index (χ3v) is 3.16. The van der Waals surface area contributed by atoms with Crippen LogP contribution in [0.3, 0.4) is 0 Å². The smallest absolute Gasteiger partial charge is 0.294 e. The van der Waals surface area contributed by atoms with E-state index in [9.17, 15) is 18.0 Å². The van der Waals surface area contributed by atoms with Gasteiger partial charge in [-0.25, -0.2) is 0 Å². The van der Waals surface area contributed by atoms with Crippen molar-refractivity contribution in [3.8, 4) is 0 Å². The Labute approximate surface area is 105 Å². The van der Waals surface area contributed by atoms with Gasteiger partial charge in [-0.15, -0.1) is 0 Å². The quantitative estimate of drug-likeness (QED) is 0.365. The Kier molecular flexibility index (Phi) is 3.88. The summed E-state index contributed by atoms with van der Waals surface area (Å²) in [7, 11) is -4.37. The van der Waals surface area contributed by atoms with E-state index in [1.807, 2.05) is 0 Å². The molecule has 1 rings (SSSR count). The first-order valence-electron chi connectivity index (χ1n) is 5.03. The lowest BCUT2D eigenvalue weighted by Gasteiger charge is -2.09. The molecular formula is C11H13NO5S. The van der Waals surface area contributed by atoms with E-state index >= 15 is 0 Å². The van der Waals surface area contributed by atoms with Gasteiger partial charge in [-0.1, -0.05) is 0 Å². The summed E-state index contributed by atoms with van der Waals surface area (Å²) in [5.74, 6) is -0.781. The average molecular weight is 271 g/mol. The number of Topliss-reactive ketones (excluding diaryl/α,β-unsaturated/α-hetero) is 2. The van der Waals surface area contributed by atoms with Gasteiger partial charge in [-0.2, -0.15) is 8.42 Å². The molecule has 0 aliphatic carbocycles. The highest BCUT2D eigenvalue weighted by molar-refractivity contribution is 7.85. The number of nitrogen functional groups attached to an aromatic ring is 1. The SMILES string of the molecule is CC(=O)CC(=O)c1c(C)cc(S(=O)(=O)O)cc1N. The molecule has 18 heavy (non-hydrogen) atoms. The molecule has 0 aliphatic heterocycles. The van der Waals surface area contributed by atoms with E-state index in [0.29, 0.717) is 5.56 Å². The van der Waals surface area contributed by atoms with Crippen LogP contribution in [0.4, 0.5) is 5.69 Å². The van der Waals surface area contributed by atoms with Gasteiger partial charge in [0.15, 0.2) is 5.78 Å². The molecule has 0 aliphatic rings. The van der Waals surface area contributed by atoms with E-state index < -0.39 is 15.9 Å². The van der Waals surface area contributed by atoms with Crippen molar-refractivity contribution >= 4 is 27.4 Å². The lowest BCUT2D eigenvalue weighted by atomic mass is 9.99. The number of benzene rings is 1. The highest BCUT2D eigenvalue weighted by atomic mass is 32.2. The summed E-state index contributed by atoms with van der Waals surface area (Å²) < 4.78 is 30.8. The third kappa shape index (κ3) is 3.14. The fourth-order valence-corrected chi connectivity index (χ4v) is 2.23. The van der Waals surface area contributed by atoms with Crippen molar-refractivity contribution in [2.75, 3.05) is 5.73 Å². The molecule has 0 fully saturated rings. The van der Waals surface area contributed by atoms with E-state index in [0.717, 1.165) is 12.1 Å². The van der Waals surface area contributed by atoms with Crippen LogP contribution in [0.25, 0.3) is 0 Å². The Balaban J connectivity index is 3.34. The molecule has 1 aromatic rings. The standard InChI is InChI=1S/C11H13NO5S/c1-6-3-8(18(15,16)17)5-9(12)11(6)10(14)4-7(2)13/h3,5H,4,12H2,1-2H3,(H,15,16,17). The molecule has 0 bridgehead atoms. The van der Waals surface area contributed by atoms with E-state index in [1.54, 1.807) is 0 Å². The zero-order valence-electron chi connectivity index (χ0n) is 9.93. The maximum atomic E-state index is 11.7. The molecule has 0 spiro atoms. The largest absolute Gasteiger partial charge is 0.398 e. The Morgan fingerprint density at radius 1 is 1.33 bits per heavy atom. The summed E-state index contributed by atoms with van der Waals surface area (Å²) in [4.78, 5) is 22.2. The summed E-state index contributed by atoms with van der Waals surface area (Å²) >= 11 is 0. The van der Waals surface area contributed by atoms with E-state index in [2.05, 4.69) is 0 Å². The first-order chi connectivity index (χ1) is 8.12. The van der Waals surface area contributed by atoms with Crippen LogP contribution < -0.4 is 5.73 Å². The van der Waals surface area contributed by atoms with Crippen LogP contribution in [0, 0.1) is 6.92 Å². The van der Waals surface area contributed by atoms with Crippen molar-refractivity contribution in [2.45, 2.75) is 25.2 Å². The number of anilines is 1. The molecular weight excluding hydrogens is 258 g/mol. The first kappa shape index (κ1) is 14.3. The van der Waals surface area contributed by atoms with Crippen LogP contribution in [-0.2, 0) is 14.9 Å². The van der Waals surface area contributed by atoms with Gasteiger partial charge in [0, 0.05) is 11.3 Å². The monoisotopic (exact) mass is 271 g/mol. The van der Waals surface area contributed by atoms with E-state index in [4.69, 9.17) is 10.3 Å². The van der Waals surface area contributed by atoms with E-state index in [1.165, 1.54) is 13.8 Å². The van der Waals surface area contributed by atoms with Crippen molar-refractivity contribution in [1.29, 1.82) is 0 Å². The number of hydrogen-bond acceptors (Lipinski definition) is 5. The van der Waals surface area contributed by atoms with Crippen LogP contribution in [-0.4, -0.2) is 24.5 Å². The summed E-state index contributed by atoms with van der Waals surface area (Å²) in [6, 6.07) is 2.13. The second kappa shape index (κ2) is 4.87. The van der Waals surface area contributed by atoms with Crippen molar-refractivity contribution in [2.24, 2.45) is 0 Å². The molecule has 0 unspecified atom stereocenters. The molecule has 98 valence electrons. The second-order valence-electron chi connectivity index (χ2n) is 3.98. The first-order valence-corrected chi connectivity index (χ1v) is 6.47. The Bertz CT molecular complexity index is 595. The maximum absolute atomic E-state index is 11.7. The fraction of sp³-hybridized carbons (Fsp3) is 0.273. The molecule has 0 saturated carbocycles. The minimum absolute atomic E-state index is 0.0751. The normalized spacial score (nSPS) is 11.3. The van der Waals surface area contributed by atoms with Gasteiger partial charge in [-0.05, 0) is 31.5 Å². The highest BCUT2D eigenvalue weighted by Crippen LogP contribution is 2.23. The minimum Gasteiger partial charge on any atom is -0.398 e. The van der Waals surface area contributed by atoms with Crippen LogP contribution in [0.1, 0.15) is 29.3 Å². The molecule has 0 atom stereocenters. The molecule has 0 radical (unpaired) electrons. The van der Waals surface area contributed by atoms with Crippen molar-refractivity contribution < 1.29 is 22.6 Å². The van der Waals surface area contributed by atoms with Crippen molar-refractivity contribution in [3.63, 3.8) is 0 Å². The molecule has 1 aromatic carbocycles. The van der Waals surface area contributed by atoms with Crippen LogP contribution in [0.2, 0.25) is 0 Å². The van der Waals surface area contributed by atoms with Gasteiger partial charge >= 0.3 is 0 Å². The molecule has 0 amide bonds. The summed E-state index contributed by atoms with van der Waals surface area (Å²) in [6.45, 7) is 2.76. The predicted octanol–water partition coefficient (Wildman–Crippen LogP) is 0.986. The zero-order chi connectivity index (χ0) is 14.1. The molecule has 7 heteroatoms. The number of aryl methyl sites for hydroxylation is 1. The van der Waals surface area contributed by atoms with Gasteiger partial charge in [0.05, 0.1) is 11.3 Å². The summed E-state index contributed by atoms with van der Waals surface area (Å²) in [6.07, 6.45) is -0.295. The van der Waals surface area contributed by atoms with Gasteiger partial charge in [0.2, 0.25) is 0 Å². The molecule has 3 N–H and O–H groups in total. The highest BCUT2D eigenvalue weighted by Gasteiger charge is 2.19. The lowest BCUT2D eigenvalue weighted by molar-refractivity contribution is -0.116. The number of hydrogen-bond donors (Lipinski definition) is 2. The number of nitrogens with two attached hydrogens (primary N) is 1. The van der Waals surface area contributed by atoms with Crippen LogP contribution in [0.5, 0.6) is 0 Å². The average Bonchev–Trinajstić information content (AvgIpc) is 2.13. The third-order valence-electron chi connectivity index (χ3n) is 2.33. The molecule has 0 aromatic heterocycles. The lowest BCUT2D eigenvalue weighted by Crippen LogP contribution is -2.11. The number of rotatable bonds is 4. The Hall–Kier alpha value is -1.73. The molecule has 0 heterocycles. The topological polar surface area (TPSA) is 115 Å². The maximum Gasteiger partial charge on any atom is 0.294 e. The number of carbonyl (C=O) groups excluding carboxylic acids is 2. The molecule has 0 saturated heterocycles. The van der Waals surface area contributed by atoms with Crippen molar-refractivity contribution in [1.82, 2.24) is 0 Å².